The molecule has 0 spiro atoms. The SMILES string of the molecule is Nc1cc(Br)cc(CN2CCCCCC2=O)c1. The third-order valence-corrected chi connectivity index (χ3v) is 3.48. The normalized spacial score (nSPS) is 17.0. The summed E-state index contributed by atoms with van der Waals surface area (Å²) in [5.41, 5.74) is 7.62. The van der Waals surface area contributed by atoms with Gasteiger partial charge in [0.15, 0.2) is 0 Å². The van der Waals surface area contributed by atoms with Gasteiger partial charge in [0.25, 0.3) is 0 Å². The monoisotopic (exact) mass is 296 g/mol. The molecule has 1 aromatic carbocycles. The number of benzene rings is 1. The zero-order chi connectivity index (χ0) is 12.3. The summed E-state index contributed by atoms with van der Waals surface area (Å²) in [6.45, 7) is 1.54. The molecule has 2 N–H and O–H groups in total. The van der Waals surface area contributed by atoms with Gasteiger partial charge in [-0.25, -0.2) is 0 Å². The maximum Gasteiger partial charge on any atom is 0.222 e. The second-order valence-corrected chi connectivity index (χ2v) is 5.43. The Kier molecular flexibility index (Phi) is 4.05. The van der Waals surface area contributed by atoms with Crippen LogP contribution in [0.2, 0.25) is 0 Å². The predicted molar refractivity (Wildman–Crippen MR) is 72.4 cm³/mol. The minimum Gasteiger partial charge on any atom is -0.399 e. The summed E-state index contributed by atoms with van der Waals surface area (Å²) < 4.78 is 0.967. The molecule has 1 heterocycles. The van der Waals surface area contributed by atoms with Gasteiger partial charge in [0.05, 0.1) is 0 Å². The van der Waals surface area contributed by atoms with Gasteiger partial charge in [-0.05, 0) is 36.6 Å². The van der Waals surface area contributed by atoms with Crippen LogP contribution in [0.1, 0.15) is 31.2 Å². The predicted octanol–water partition coefficient (Wildman–Crippen LogP) is 2.93. The van der Waals surface area contributed by atoms with Crippen LogP contribution in [-0.4, -0.2) is 17.4 Å². The Hall–Kier alpha value is -1.03. The molecule has 0 atom stereocenters. The van der Waals surface area contributed by atoms with Crippen molar-refractivity contribution in [1.29, 1.82) is 0 Å². The Labute approximate surface area is 110 Å². The van der Waals surface area contributed by atoms with E-state index < -0.39 is 0 Å². The molecule has 1 aliphatic rings. The minimum absolute atomic E-state index is 0.265. The van der Waals surface area contributed by atoms with Gasteiger partial charge in [0.2, 0.25) is 5.91 Å². The number of halogens is 1. The number of hydrogen-bond donors (Lipinski definition) is 1. The standard InChI is InChI=1S/C13H17BrN2O/c14-11-6-10(7-12(15)8-11)9-16-5-3-1-2-4-13(16)17/h6-8H,1-5,9,15H2. The highest BCUT2D eigenvalue weighted by atomic mass is 79.9. The first-order valence-electron chi connectivity index (χ1n) is 5.98. The van der Waals surface area contributed by atoms with Crippen LogP contribution in [-0.2, 0) is 11.3 Å². The van der Waals surface area contributed by atoms with Crippen LogP contribution in [0, 0.1) is 0 Å². The van der Waals surface area contributed by atoms with E-state index in [0.717, 1.165) is 41.5 Å². The number of nitrogens with zero attached hydrogens (tertiary/aromatic N) is 1. The highest BCUT2D eigenvalue weighted by molar-refractivity contribution is 9.10. The molecule has 1 fully saturated rings. The summed E-state index contributed by atoms with van der Waals surface area (Å²) in [6.07, 6.45) is 3.97. The molecule has 0 saturated carbocycles. The molecule has 92 valence electrons. The molecule has 2 rings (SSSR count). The van der Waals surface area contributed by atoms with Gasteiger partial charge in [-0.3, -0.25) is 4.79 Å². The lowest BCUT2D eigenvalue weighted by molar-refractivity contribution is -0.131. The van der Waals surface area contributed by atoms with E-state index in [1.165, 1.54) is 0 Å². The molecule has 0 radical (unpaired) electrons. The van der Waals surface area contributed by atoms with Crippen molar-refractivity contribution in [2.45, 2.75) is 32.2 Å². The first kappa shape index (κ1) is 12.4. The van der Waals surface area contributed by atoms with E-state index in [2.05, 4.69) is 15.9 Å². The van der Waals surface area contributed by atoms with Gasteiger partial charge in [0, 0.05) is 29.7 Å². The first-order chi connectivity index (χ1) is 8.15. The van der Waals surface area contributed by atoms with Crippen molar-refractivity contribution in [2.75, 3.05) is 12.3 Å². The zero-order valence-electron chi connectivity index (χ0n) is 9.79. The third-order valence-electron chi connectivity index (χ3n) is 3.02. The molecule has 0 aliphatic carbocycles. The number of carbonyl (C=O) groups is 1. The molecule has 0 bridgehead atoms. The molecule has 17 heavy (non-hydrogen) atoms. The van der Waals surface area contributed by atoms with Crippen molar-refractivity contribution in [1.82, 2.24) is 4.90 Å². The number of anilines is 1. The minimum atomic E-state index is 0.265. The lowest BCUT2D eigenvalue weighted by Gasteiger charge is -2.20. The van der Waals surface area contributed by atoms with Gasteiger partial charge < -0.3 is 10.6 Å². The van der Waals surface area contributed by atoms with E-state index in [1.54, 1.807) is 0 Å². The smallest absolute Gasteiger partial charge is 0.222 e. The molecule has 1 aromatic rings. The average molecular weight is 297 g/mol. The van der Waals surface area contributed by atoms with Gasteiger partial charge in [-0.15, -0.1) is 0 Å². The Bertz CT molecular complexity index is 400. The van der Waals surface area contributed by atoms with Crippen LogP contribution in [0.5, 0.6) is 0 Å². The Balaban J connectivity index is 2.10. The number of likely N-dealkylation sites (tertiary alicyclic amines) is 1. The number of carbonyl (C=O) groups excluding carboxylic acids is 1. The summed E-state index contributed by atoms with van der Waals surface area (Å²) >= 11 is 3.42. The second kappa shape index (κ2) is 5.54. The Morgan fingerprint density at radius 3 is 2.82 bits per heavy atom. The van der Waals surface area contributed by atoms with Gasteiger partial charge in [-0.2, -0.15) is 0 Å². The summed E-state index contributed by atoms with van der Waals surface area (Å²) in [4.78, 5) is 13.8. The lowest BCUT2D eigenvalue weighted by Crippen LogP contribution is -2.29. The summed E-state index contributed by atoms with van der Waals surface area (Å²) in [6, 6.07) is 5.82. The molecule has 3 nitrogen and oxygen atoms in total. The first-order valence-corrected chi connectivity index (χ1v) is 6.77. The van der Waals surface area contributed by atoms with Crippen LogP contribution in [0.25, 0.3) is 0 Å². The molecule has 1 amide bonds. The molecule has 4 heteroatoms. The van der Waals surface area contributed by atoms with Gasteiger partial charge in [0.1, 0.15) is 0 Å². The van der Waals surface area contributed by atoms with E-state index in [9.17, 15) is 4.79 Å². The van der Waals surface area contributed by atoms with Crippen LogP contribution < -0.4 is 5.73 Å². The molecule has 1 aliphatic heterocycles. The largest absolute Gasteiger partial charge is 0.399 e. The van der Waals surface area contributed by atoms with E-state index in [4.69, 9.17) is 5.73 Å². The Morgan fingerprint density at radius 2 is 2.06 bits per heavy atom. The van der Waals surface area contributed by atoms with Crippen LogP contribution in [0.3, 0.4) is 0 Å². The molecular formula is C13H17BrN2O. The topological polar surface area (TPSA) is 46.3 Å². The Morgan fingerprint density at radius 1 is 1.24 bits per heavy atom. The van der Waals surface area contributed by atoms with E-state index in [1.807, 2.05) is 23.1 Å². The second-order valence-electron chi connectivity index (χ2n) is 4.52. The van der Waals surface area contributed by atoms with E-state index in [-0.39, 0.29) is 5.91 Å². The lowest BCUT2D eigenvalue weighted by atomic mass is 10.2. The fourth-order valence-corrected chi connectivity index (χ4v) is 2.75. The maximum absolute atomic E-state index is 11.9. The number of nitrogen functional groups attached to an aromatic ring is 1. The number of rotatable bonds is 2. The number of nitrogens with two attached hydrogens (primary N) is 1. The van der Waals surface area contributed by atoms with Crippen LogP contribution in [0.15, 0.2) is 22.7 Å². The van der Waals surface area contributed by atoms with E-state index >= 15 is 0 Å². The fourth-order valence-electron chi connectivity index (χ4n) is 2.19. The average Bonchev–Trinajstić information content (AvgIpc) is 2.43. The van der Waals surface area contributed by atoms with Gasteiger partial charge >= 0.3 is 0 Å². The third kappa shape index (κ3) is 3.46. The molecule has 0 unspecified atom stereocenters. The summed E-state index contributed by atoms with van der Waals surface area (Å²) in [5.74, 6) is 0.265. The number of hydrogen-bond acceptors (Lipinski definition) is 2. The van der Waals surface area contributed by atoms with Crippen LogP contribution >= 0.6 is 15.9 Å². The quantitative estimate of drug-likeness (QED) is 0.853. The van der Waals surface area contributed by atoms with Crippen molar-refractivity contribution in [3.8, 4) is 0 Å². The van der Waals surface area contributed by atoms with Crippen molar-refractivity contribution in [2.24, 2.45) is 0 Å². The van der Waals surface area contributed by atoms with Crippen LogP contribution in [0.4, 0.5) is 5.69 Å². The molecular weight excluding hydrogens is 280 g/mol. The number of amides is 1. The van der Waals surface area contributed by atoms with Crippen molar-refractivity contribution in [3.63, 3.8) is 0 Å². The van der Waals surface area contributed by atoms with Gasteiger partial charge in [-0.1, -0.05) is 22.4 Å². The molecule has 1 saturated heterocycles. The van der Waals surface area contributed by atoms with Crippen molar-refractivity contribution in [3.05, 3.63) is 28.2 Å². The highest BCUT2D eigenvalue weighted by Gasteiger charge is 2.16. The van der Waals surface area contributed by atoms with E-state index in [0.29, 0.717) is 13.0 Å². The zero-order valence-corrected chi connectivity index (χ0v) is 11.4. The fraction of sp³-hybridized carbons (Fsp3) is 0.462. The summed E-state index contributed by atoms with van der Waals surface area (Å²) in [5, 5.41) is 0. The van der Waals surface area contributed by atoms with Crippen molar-refractivity contribution >= 4 is 27.5 Å². The van der Waals surface area contributed by atoms with Crippen molar-refractivity contribution < 1.29 is 4.79 Å². The summed E-state index contributed by atoms with van der Waals surface area (Å²) in [7, 11) is 0. The molecule has 0 aromatic heterocycles. The maximum atomic E-state index is 11.9. The highest BCUT2D eigenvalue weighted by Crippen LogP contribution is 2.20.